The van der Waals surface area contributed by atoms with E-state index in [0.717, 1.165) is 36.0 Å². The molecule has 0 N–H and O–H groups in total. The molecule has 2 aliphatic heterocycles. The summed E-state index contributed by atoms with van der Waals surface area (Å²) in [6.07, 6.45) is 13.1. The van der Waals surface area contributed by atoms with Gasteiger partial charge >= 0.3 is 0 Å². The lowest BCUT2D eigenvalue weighted by atomic mass is 10.0. The van der Waals surface area contributed by atoms with Crippen LogP contribution in [0, 0.1) is 0 Å². The molecule has 4 heteroatoms. The lowest BCUT2D eigenvalue weighted by molar-refractivity contribution is 0.415. The molecule has 0 fully saturated rings. The van der Waals surface area contributed by atoms with Gasteiger partial charge in [-0.15, -0.1) is 0 Å². The predicted octanol–water partition coefficient (Wildman–Crippen LogP) is 4.92. The summed E-state index contributed by atoms with van der Waals surface area (Å²) >= 11 is 0. The van der Waals surface area contributed by atoms with E-state index >= 15 is 0 Å². The Hall–Kier alpha value is -3.40. The second-order valence-corrected chi connectivity index (χ2v) is 6.60. The first-order valence-electron chi connectivity index (χ1n) is 9.36. The van der Waals surface area contributed by atoms with E-state index in [4.69, 9.17) is 9.47 Å². The Morgan fingerprint density at radius 1 is 0.643 bits per heavy atom. The van der Waals surface area contributed by atoms with Gasteiger partial charge in [0.1, 0.15) is 11.5 Å². The van der Waals surface area contributed by atoms with Gasteiger partial charge in [0.25, 0.3) is 0 Å². The maximum Gasteiger partial charge on any atom is 0.142 e. The summed E-state index contributed by atoms with van der Waals surface area (Å²) in [5.74, 6) is 1.77. The number of ether oxygens (including phenoxy) is 2. The van der Waals surface area contributed by atoms with Crippen LogP contribution in [0.15, 0.2) is 96.4 Å². The highest BCUT2D eigenvalue weighted by Crippen LogP contribution is 2.32. The fourth-order valence-electron chi connectivity index (χ4n) is 3.51. The lowest BCUT2D eigenvalue weighted by Crippen LogP contribution is -2.22. The van der Waals surface area contributed by atoms with E-state index in [1.54, 1.807) is 14.2 Å². The molecule has 0 radical (unpaired) electrons. The number of para-hydroxylation sites is 4. The predicted molar refractivity (Wildman–Crippen MR) is 115 cm³/mol. The number of rotatable bonds is 5. The molecule has 0 unspecified atom stereocenters. The Morgan fingerprint density at radius 2 is 1.07 bits per heavy atom. The van der Waals surface area contributed by atoms with Crippen LogP contribution in [0.1, 0.15) is 0 Å². The van der Waals surface area contributed by atoms with Crippen molar-refractivity contribution >= 4 is 11.4 Å². The number of allylic oxidation sites excluding steroid dienone is 4. The first-order chi connectivity index (χ1) is 13.8. The Morgan fingerprint density at radius 3 is 1.43 bits per heavy atom. The normalized spacial score (nSPS) is 15.9. The molecular weight excluding hydrogens is 348 g/mol. The van der Waals surface area contributed by atoms with Gasteiger partial charge in [0.15, 0.2) is 0 Å². The van der Waals surface area contributed by atoms with E-state index in [0.29, 0.717) is 0 Å². The van der Waals surface area contributed by atoms with Crippen molar-refractivity contribution in [3.8, 4) is 11.5 Å². The van der Waals surface area contributed by atoms with E-state index in [9.17, 15) is 0 Å². The van der Waals surface area contributed by atoms with Crippen molar-refractivity contribution in [2.45, 2.75) is 0 Å². The van der Waals surface area contributed by atoms with Crippen molar-refractivity contribution in [3.05, 3.63) is 96.4 Å². The molecule has 0 amide bonds. The molecule has 0 saturated carbocycles. The fourth-order valence-corrected chi connectivity index (χ4v) is 3.51. The Bertz CT molecular complexity index is 893. The van der Waals surface area contributed by atoms with Crippen molar-refractivity contribution in [1.29, 1.82) is 0 Å². The summed E-state index contributed by atoms with van der Waals surface area (Å²) in [6, 6.07) is 16.2. The molecule has 0 aromatic heterocycles. The zero-order valence-electron chi connectivity index (χ0n) is 16.2. The third-order valence-electron chi connectivity index (χ3n) is 5.01. The minimum absolute atomic E-state index is 0.813. The van der Waals surface area contributed by atoms with E-state index in [2.05, 4.69) is 58.6 Å². The molecule has 0 spiro atoms. The van der Waals surface area contributed by atoms with Crippen LogP contribution >= 0.6 is 0 Å². The second-order valence-electron chi connectivity index (χ2n) is 6.60. The summed E-state index contributed by atoms with van der Waals surface area (Å²) in [5.41, 5.74) is 4.63. The topological polar surface area (TPSA) is 24.9 Å². The first-order valence-corrected chi connectivity index (χ1v) is 9.36. The van der Waals surface area contributed by atoms with E-state index < -0.39 is 0 Å². The van der Waals surface area contributed by atoms with Gasteiger partial charge < -0.3 is 19.3 Å². The van der Waals surface area contributed by atoms with Crippen molar-refractivity contribution in [2.75, 3.05) is 37.1 Å². The molecule has 0 aliphatic carbocycles. The van der Waals surface area contributed by atoms with Gasteiger partial charge in [-0.1, -0.05) is 36.4 Å². The molecule has 0 saturated heterocycles. The van der Waals surface area contributed by atoms with Crippen LogP contribution in [-0.2, 0) is 0 Å². The molecule has 28 heavy (non-hydrogen) atoms. The van der Waals surface area contributed by atoms with Gasteiger partial charge in [0.2, 0.25) is 0 Å². The molecule has 4 nitrogen and oxygen atoms in total. The van der Waals surface area contributed by atoms with Crippen LogP contribution < -0.4 is 19.3 Å². The van der Waals surface area contributed by atoms with Crippen LogP contribution in [0.2, 0.25) is 0 Å². The number of benzene rings is 2. The summed E-state index contributed by atoms with van der Waals surface area (Å²) in [4.78, 5) is 4.38. The quantitative estimate of drug-likeness (QED) is 0.743. The monoisotopic (exact) mass is 372 g/mol. The van der Waals surface area contributed by atoms with Gasteiger partial charge in [-0.3, -0.25) is 0 Å². The third kappa shape index (κ3) is 3.54. The maximum absolute atomic E-state index is 5.48. The average Bonchev–Trinajstić information content (AvgIpc) is 2.79. The smallest absolute Gasteiger partial charge is 0.142 e. The number of hydrogen-bond donors (Lipinski definition) is 0. The van der Waals surface area contributed by atoms with Crippen LogP contribution in [-0.4, -0.2) is 27.3 Å². The Balaban J connectivity index is 1.46. The van der Waals surface area contributed by atoms with Crippen LogP contribution in [0.3, 0.4) is 0 Å². The van der Waals surface area contributed by atoms with Crippen LogP contribution in [0.25, 0.3) is 0 Å². The Labute approximate surface area is 166 Å². The van der Waals surface area contributed by atoms with E-state index in [-0.39, 0.29) is 0 Å². The van der Waals surface area contributed by atoms with Crippen LogP contribution in [0.4, 0.5) is 11.4 Å². The maximum atomic E-state index is 5.48. The Kier molecular flexibility index (Phi) is 5.20. The molecule has 0 bridgehead atoms. The van der Waals surface area contributed by atoms with E-state index in [1.807, 2.05) is 36.4 Å². The highest BCUT2D eigenvalue weighted by molar-refractivity contribution is 5.65. The first kappa shape index (κ1) is 18.0. The largest absolute Gasteiger partial charge is 0.495 e. The molecule has 2 aliphatic rings. The number of methoxy groups -OCH3 is 2. The molecule has 2 heterocycles. The number of nitrogens with zero attached hydrogens (tertiary/aromatic N) is 2. The molecule has 2 aromatic rings. The van der Waals surface area contributed by atoms with Crippen molar-refractivity contribution in [3.63, 3.8) is 0 Å². The second kappa shape index (κ2) is 8.09. The van der Waals surface area contributed by atoms with Gasteiger partial charge in [0.05, 0.1) is 25.6 Å². The van der Waals surface area contributed by atoms with Gasteiger partial charge in [-0.25, -0.2) is 0 Å². The number of hydrogen-bond acceptors (Lipinski definition) is 4. The van der Waals surface area contributed by atoms with Gasteiger partial charge in [-0.2, -0.15) is 0 Å². The third-order valence-corrected chi connectivity index (χ3v) is 5.01. The lowest BCUT2D eigenvalue weighted by Gasteiger charge is -2.27. The molecule has 0 atom stereocenters. The highest BCUT2D eigenvalue weighted by Gasteiger charge is 2.15. The molecular formula is C24H24N2O2. The summed E-state index contributed by atoms with van der Waals surface area (Å²) in [5, 5.41) is 0. The van der Waals surface area contributed by atoms with Crippen LogP contribution in [0.5, 0.6) is 11.5 Å². The average molecular weight is 372 g/mol. The summed E-state index contributed by atoms with van der Waals surface area (Å²) < 4.78 is 11.0. The fraction of sp³-hybridized carbons (Fsp3) is 0.167. The summed E-state index contributed by atoms with van der Waals surface area (Å²) in [6.45, 7) is 1.63. The van der Waals surface area contributed by atoms with Crippen molar-refractivity contribution in [2.24, 2.45) is 0 Å². The highest BCUT2D eigenvalue weighted by atomic mass is 16.5. The SMILES string of the molecule is COc1ccccc1N1C=CC(C2=CCN(c3ccccc3OC)C=C2)=CC1. The summed E-state index contributed by atoms with van der Waals surface area (Å²) in [7, 11) is 3.41. The minimum atomic E-state index is 0.813. The molecule has 142 valence electrons. The molecule has 2 aromatic carbocycles. The zero-order valence-corrected chi connectivity index (χ0v) is 16.2. The standard InChI is InChI=1S/C24H24N2O2/c1-27-23-9-5-3-7-21(23)25-15-11-19(12-16-25)20-13-17-26(18-14-20)22-8-4-6-10-24(22)28-2/h3-15,17H,16,18H2,1-2H3. The van der Waals surface area contributed by atoms with Gasteiger partial charge in [0, 0.05) is 25.5 Å². The van der Waals surface area contributed by atoms with E-state index in [1.165, 1.54) is 11.1 Å². The van der Waals surface area contributed by atoms with Gasteiger partial charge in [-0.05, 0) is 47.6 Å². The minimum Gasteiger partial charge on any atom is -0.495 e. The molecule has 4 rings (SSSR count). The van der Waals surface area contributed by atoms with Crippen molar-refractivity contribution in [1.82, 2.24) is 0 Å². The number of anilines is 2. The zero-order chi connectivity index (χ0) is 19.3. The van der Waals surface area contributed by atoms with Crippen molar-refractivity contribution < 1.29 is 9.47 Å².